The highest BCUT2D eigenvalue weighted by atomic mass is 32.2. The van der Waals surface area contributed by atoms with E-state index in [4.69, 9.17) is 4.74 Å². The van der Waals surface area contributed by atoms with Crippen LogP contribution in [-0.4, -0.2) is 56.4 Å². The Morgan fingerprint density at radius 2 is 2.06 bits per heavy atom. The van der Waals surface area contributed by atoms with Gasteiger partial charge < -0.3 is 15.2 Å². The van der Waals surface area contributed by atoms with E-state index in [1.54, 1.807) is 0 Å². The van der Waals surface area contributed by atoms with Gasteiger partial charge in [0.1, 0.15) is 9.84 Å². The Morgan fingerprint density at radius 3 is 2.59 bits per heavy atom. The van der Waals surface area contributed by atoms with Crippen LogP contribution in [0.4, 0.5) is 0 Å². The van der Waals surface area contributed by atoms with E-state index in [0.29, 0.717) is 19.4 Å². The third-order valence-corrected chi connectivity index (χ3v) is 5.47. The number of hydrogen-bond donors (Lipinski definition) is 2. The maximum Gasteiger partial charge on any atom is 0.150 e. The average Bonchev–Trinajstić information content (AvgIpc) is 2.82. The molecule has 0 radical (unpaired) electrons. The normalized spacial score (nSPS) is 31.5. The summed E-state index contributed by atoms with van der Waals surface area (Å²) >= 11 is 0. The monoisotopic (exact) mass is 263 g/mol. The molecule has 100 valence electrons. The SMILES string of the molecule is O=S1(=O)CCC(CO)(NCC2CCCO2)CC1. The second kappa shape index (κ2) is 5.22. The van der Waals surface area contributed by atoms with Crippen LogP contribution in [0.3, 0.4) is 0 Å². The number of sulfone groups is 1. The number of rotatable bonds is 4. The molecular weight excluding hydrogens is 242 g/mol. The van der Waals surface area contributed by atoms with Crippen LogP contribution in [0, 0.1) is 0 Å². The lowest BCUT2D eigenvalue weighted by molar-refractivity contribution is 0.0844. The molecule has 2 fully saturated rings. The minimum atomic E-state index is -2.88. The second-order valence-electron chi connectivity index (χ2n) is 5.11. The van der Waals surface area contributed by atoms with Gasteiger partial charge in [-0.2, -0.15) is 0 Å². The van der Waals surface area contributed by atoms with E-state index in [2.05, 4.69) is 5.32 Å². The van der Waals surface area contributed by atoms with Crippen molar-refractivity contribution in [1.29, 1.82) is 0 Å². The fraction of sp³-hybridized carbons (Fsp3) is 1.00. The first-order valence-corrected chi connectivity index (χ1v) is 8.05. The van der Waals surface area contributed by atoms with Crippen LogP contribution in [0.2, 0.25) is 0 Å². The van der Waals surface area contributed by atoms with Crippen LogP contribution >= 0.6 is 0 Å². The van der Waals surface area contributed by atoms with Gasteiger partial charge in [-0.15, -0.1) is 0 Å². The first-order chi connectivity index (χ1) is 8.05. The van der Waals surface area contributed by atoms with Crippen molar-refractivity contribution >= 4 is 9.84 Å². The number of hydrogen-bond acceptors (Lipinski definition) is 5. The summed E-state index contributed by atoms with van der Waals surface area (Å²) in [7, 11) is -2.88. The summed E-state index contributed by atoms with van der Waals surface area (Å²) in [6.45, 7) is 1.52. The third-order valence-electron chi connectivity index (χ3n) is 3.81. The quantitative estimate of drug-likeness (QED) is 0.728. The van der Waals surface area contributed by atoms with Gasteiger partial charge in [-0.3, -0.25) is 0 Å². The van der Waals surface area contributed by atoms with Crippen molar-refractivity contribution in [2.75, 3.05) is 31.3 Å². The lowest BCUT2D eigenvalue weighted by Gasteiger charge is -2.37. The molecule has 1 atom stereocenters. The van der Waals surface area contributed by atoms with Gasteiger partial charge in [0.05, 0.1) is 24.2 Å². The van der Waals surface area contributed by atoms with Gasteiger partial charge in [-0.05, 0) is 25.7 Å². The number of nitrogens with one attached hydrogen (secondary N) is 1. The van der Waals surface area contributed by atoms with Crippen molar-refractivity contribution < 1.29 is 18.3 Å². The molecule has 0 amide bonds. The minimum Gasteiger partial charge on any atom is -0.394 e. The highest BCUT2D eigenvalue weighted by molar-refractivity contribution is 7.91. The fourth-order valence-electron chi connectivity index (χ4n) is 2.46. The zero-order chi connectivity index (χ0) is 12.4. The van der Waals surface area contributed by atoms with Crippen LogP contribution in [0.15, 0.2) is 0 Å². The molecule has 2 N–H and O–H groups in total. The molecule has 5 nitrogen and oxygen atoms in total. The summed E-state index contributed by atoms with van der Waals surface area (Å²) < 4.78 is 28.3. The fourth-order valence-corrected chi connectivity index (χ4v) is 4.06. The molecule has 17 heavy (non-hydrogen) atoms. The van der Waals surface area contributed by atoms with Gasteiger partial charge in [0, 0.05) is 18.7 Å². The highest BCUT2D eigenvalue weighted by Gasteiger charge is 2.37. The predicted molar refractivity (Wildman–Crippen MR) is 64.7 cm³/mol. The van der Waals surface area contributed by atoms with Crippen molar-refractivity contribution in [2.45, 2.75) is 37.3 Å². The van der Waals surface area contributed by atoms with E-state index in [1.807, 2.05) is 0 Å². The van der Waals surface area contributed by atoms with Crippen molar-refractivity contribution in [2.24, 2.45) is 0 Å². The molecule has 0 aliphatic carbocycles. The summed E-state index contributed by atoms with van der Waals surface area (Å²) in [5.41, 5.74) is -0.419. The van der Waals surface area contributed by atoms with Gasteiger partial charge in [-0.25, -0.2) is 8.42 Å². The van der Waals surface area contributed by atoms with E-state index in [1.165, 1.54) is 0 Å². The predicted octanol–water partition coefficient (Wildman–Crippen LogP) is -0.305. The standard InChI is InChI=1S/C11H21NO4S/c13-9-11(3-6-17(14,15)7-4-11)12-8-10-2-1-5-16-10/h10,12-13H,1-9H2. The molecule has 1 unspecified atom stereocenters. The highest BCUT2D eigenvalue weighted by Crippen LogP contribution is 2.24. The molecule has 2 aliphatic heterocycles. The van der Waals surface area contributed by atoms with E-state index in [9.17, 15) is 13.5 Å². The average molecular weight is 263 g/mol. The maximum atomic E-state index is 11.4. The molecule has 0 spiro atoms. The second-order valence-corrected chi connectivity index (χ2v) is 7.41. The number of aliphatic hydroxyl groups is 1. The zero-order valence-corrected chi connectivity index (χ0v) is 10.8. The molecule has 2 aliphatic rings. The summed E-state index contributed by atoms with van der Waals surface area (Å²) in [6, 6.07) is 0. The third kappa shape index (κ3) is 3.40. The largest absolute Gasteiger partial charge is 0.394 e. The van der Waals surface area contributed by atoms with Gasteiger partial charge in [0.15, 0.2) is 0 Å². The molecule has 2 saturated heterocycles. The summed E-state index contributed by atoms with van der Waals surface area (Å²) in [6.07, 6.45) is 3.36. The molecule has 2 rings (SSSR count). The maximum absolute atomic E-state index is 11.4. The Kier molecular flexibility index (Phi) is 4.07. The molecule has 0 aromatic carbocycles. The zero-order valence-electron chi connectivity index (χ0n) is 10.0. The van der Waals surface area contributed by atoms with Crippen LogP contribution in [0.25, 0.3) is 0 Å². The smallest absolute Gasteiger partial charge is 0.150 e. The first-order valence-electron chi connectivity index (χ1n) is 6.23. The summed E-state index contributed by atoms with van der Waals surface area (Å²) in [4.78, 5) is 0. The van der Waals surface area contributed by atoms with Gasteiger partial charge in [0.25, 0.3) is 0 Å². The minimum absolute atomic E-state index is 0.00472. The van der Waals surface area contributed by atoms with Gasteiger partial charge in [0.2, 0.25) is 0 Å². The van der Waals surface area contributed by atoms with Gasteiger partial charge in [-0.1, -0.05) is 0 Å². The van der Waals surface area contributed by atoms with Crippen LogP contribution in [0.5, 0.6) is 0 Å². The van der Waals surface area contributed by atoms with Crippen LogP contribution in [-0.2, 0) is 14.6 Å². The Balaban J connectivity index is 1.87. The molecule has 0 bridgehead atoms. The number of aliphatic hydroxyl groups excluding tert-OH is 1. The molecular formula is C11H21NO4S. The summed E-state index contributed by atoms with van der Waals surface area (Å²) in [5.74, 6) is 0.345. The van der Waals surface area contributed by atoms with Crippen molar-refractivity contribution in [3.8, 4) is 0 Å². The van der Waals surface area contributed by atoms with E-state index in [0.717, 1.165) is 19.4 Å². The lowest BCUT2D eigenvalue weighted by Crippen LogP contribution is -2.55. The number of ether oxygens (including phenoxy) is 1. The molecule has 0 aromatic heterocycles. The Morgan fingerprint density at radius 1 is 1.35 bits per heavy atom. The molecule has 6 heteroatoms. The Bertz CT molecular complexity index is 334. The summed E-state index contributed by atoms with van der Waals surface area (Å²) in [5, 5.41) is 12.8. The van der Waals surface area contributed by atoms with Gasteiger partial charge >= 0.3 is 0 Å². The Labute approximate surface area is 102 Å². The topological polar surface area (TPSA) is 75.6 Å². The Hall–Kier alpha value is -0.170. The van der Waals surface area contributed by atoms with Crippen molar-refractivity contribution in [3.63, 3.8) is 0 Å². The first kappa shape index (κ1) is 13.3. The van der Waals surface area contributed by atoms with E-state index >= 15 is 0 Å². The molecule has 0 aromatic rings. The van der Waals surface area contributed by atoms with Crippen LogP contribution in [0.1, 0.15) is 25.7 Å². The van der Waals surface area contributed by atoms with E-state index < -0.39 is 15.4 Å². The molecule has 2 heterocycles. The van der Waals surface area contributed by atoms with Crippen molar-refractivity contribution in [3.05, 3.63) is 0 Å². The van der Waals surface area contributed by atoms with E-state index in [-0.39, 0.29) is 24.2 Å². The van der Waals surface area contributed by atoms with Crippen molar-refractivity contribution in [1.82, 2.24) is 5.32 Å². The lowest BCUT2D eigenvalue weighted by atomic mass is 9.93. The molecule has 0 saturated carbocycles. The van der Waals surface area contributed by atoms with Crippen LogP contribution < -0.4 is 5.32 Å².